The van der Waals surface area contributed by atoms with Gasteiger partial charge >= 0.3 is 0 Å². The topological polar surface area (TPSA) is 18.0 Å². The van der Waals surface area contributed by atoms with Crippen LogP contribution in [0.15, 0.2) is 60.9 Å². The van der Waals surface area contributed by atoms with Gasteiger partial charge in [0.1, 0.15) is 30.4 Å². The van der Waals surface area contributed by atoms with Gasteiger partial charge in [-0.1, -0.05) is 36.4 Å². The van der Waals surface area contributed by atoms with E-state index in [1.807, 2.05) is 0 Å². The van der Waals surface area contributed by atoms with E-state index in [1.165, 1.54) is 50.5 Å². The third kappa shape index (κ3) is 2.69. The van der Waals surface area contributed by atoms with Gasteiger partial charge in [0.2, 0.25) is 0 Å². The van der Waals surface area contributed by atoms with Crippen molar-refractivity contribution in [1.29, 1.82) is 0 Å². The Hall–Kier alpha value is -3.33. The van der Waals surface area contributed by atoms with Gasteiger partial charge in [0.15, 0.2) is 0 Å². The minimum Gasteiger partial charge on any atom is -0.496 e. The summed E-state index contributed by atoms with van der Waals surface area (Å²) in [7, 11) is 1.77. The van der Waals surface area contributed by atoms with E-state index in [9.17, 15) is 0 Å². The normalized spacial score (nSPS) is 12.0. The van der Waals surface area contributed by atoms with Crippen LogP contribution in [0.3, 0.4) is 0 Å². The summed E-state index contributed by atoms with van der Waals surface area (Å²) in [6.07, 6.45) is 4.38. The van der Waals surface area contributed by atoms with Crippen LogP contribution in [-0.2, 0) is 6.54 Å². The minimum absolute atomic E-state index is 0.867. The van der Waals surface area contributed by atoms with Gasteiger partial charge in [-0.25, -0.2) is 4.57 Å². The maximum Gasteiger partial charge on any atom is 0.294 e. The highest BCUT2D eigenvalue weighted by Gasteiger charge is 2.33. The first kappa shape index (κ1) is 18.7. The van der Waals surface area contributed by atoms with E-state index < -0.39 is 0 Å². The van der Waals surface area contributed by atoms with Gasteiger partial charge in [-0.2, -0.15) is 4.57 Å². The Kier molecular flexibility index (Phi) is 4.28. The van der Waals surface area contributed by atoms with Gasteiger partial charge < -0.3 is 4.74 Å². The molecule has 1 aliphatic rings. The Balaban J connectivity index is 1.77. The quantitative estimate of drug-likeness (QED) is 0.358. The molecule has 0 atom stereocenters. The maximum absolute atomic E-state index is 5.85. The molecule has 3 heteroatoms. The fourth-order valence-corrected chi connectivity index (χ4v) is 4.95. The number of rotatable bonds is 3. The second kappa shape index (κ2) is 6.88. The Morgan fingerprint density at radius 3 is 2.10 bits per heavy atom. The lowest BCUT2D eigenvalue weighted by molar-refractivity contribution is -0.671. The van der Waals surface area contributed by atoms with Crippen molar-refractivity contribution in [2.45, 2.75) is 34.2 Å². The standard InChI is InChI=1S/C27H27N2O/c1-17-8-6-9-18(2)25(17)23-15-22-21(14-24(23)30-5)16-28-12-13-29(27(22)28)26-19(3)10-7-11-20(26)4/h6-15H,16H2,1-5H3/q+1. The molecule has 0 unspecified atom stereocenters. The molecule has 30 heavy (non-hydrogen) atoms. The van der Waals surface area contributed by atoms with Crippen molar-refractivity contribution >= 4 is 0 Å². The van der Waals surface area contributed by atoms with Crippen LogP contribution in [0.4, 0.5) is 0 Å². The van der Waals surface area contributed by atoms with Crippen molar-refractivity contribution in [1.82, 2.24) is 4.57 Å². The van der Waals surface area contributed by atoms with Crippen molar-refractivity contribution in [2.75, 3.05) is 7.11 Å². The number of aromatic nitrogens is 2. The average molecular weight is 396 g/mol. The van der Waals surface area contributed by atoms with E-state index in [4.69, 9.17) is 4.74 Å². The van der Waals surface area contributed by atoms with E-state index in [0.29, 0.717) is 0 Å². The number of hydrogen-bond donors (Lipinski definition) is 0. The number of ether oxygens (including phenoxy) is 1. The largest absolute Gasteiger partial charge is 0.496 e. The fraction of sp³-hybridized carbons (Fsp3) is 0.222. The number of methoxy groups -OCH3 is 1. The molecule has 1 aromatic heterocycles. The van der Waals surface area contributed by atoms with Crippen LogP contribution in [0.25, 0.3) is 28.2 Å². The summed E-state index contributed by atoms with van der Waals surface area (Å²) in [6, 6.07) is 17.5. The highest BCUT2D eigenvalue weighted by molar-refractivity contribution is 5.82. The van der Waals surface area contributed by atoms with E-state index in [-0.39, 0.29) is 0 Å². The van der Waals surface area contributed by atoms with Crippen LogP contribution in [0, 0.1) is 27.7 Å². The van der Waals surface area contributed by atoms with Gasteiger partial charge in [-0.05, 0) is 67.6 Å². The van der Waals surface area contributed by atoms with Crippen molar-refractivity contribution in [3.63, 3.8) is 0 Å². The molecular formula is C27H27N2O+. The van der Waals surface area contributed by atoms with Gasteiger partial charge in [-0.3, -0.25) is 0 Å². The Labute approximate surface area is 178 Å². The van der Waals surface area contributed by atoms with Crippen LogP contribution >= 0.6 is 0 Å². The first-order valence-electron chi connectivity index (χ1n) is 10.4. The van der Waals surface area contributed by atoms with Gasteiger partial charge in [0.25, 0.3) is 5.82 Å². The summed E-state index contributed by atoms with van der Waals surface area (Å²) in [6.45, 7) is 9.59. The van der Waals surface area contributed by atoms with Gasteiger partial charge in [-0.15, -0.1) is 0 Å². The summed E-state index contributed by atoms with van der Waals surface area (Å²) in [5, 5.41) is 0. The molecule has 0 N–H and O–H groups in total. The number of aryl methyl sites for hydroxylation is 4. The number of fused-ring (bicyclic) bond motifs is 3. The number of nitrogens with zero attached hydrogens (tertiary/aromatic N) is 2. The zero-order valence-corrected chi connectivity index (χ0v) is 18.3. The summed E-state index contributed by atoms with van der Waals surface area (Å²) in [4.78, 5) is 0. The van der Waals surface area contributed by atoms with Crippen molar-refractivity contribution in [3.8, 4) is 34.0 Å². The molecule has 0 spiro atoms. The maximum atomic E-state index is 5.85. The Morgan fingerprint density at radius 2 is 1.47 bits per heavy atom. The Morgan fingerprint density at radius 1 is 0.833 bits per heavy atom. The molecule has 4 aromatic rings. The second-order valence-electron chi connectivity index (χ2n) is 8.34. The number of para-hydroxylation sites is 1. The van der Waals surface area contributed by atoms with Crippen molar-refractivity contribution in [2.24, 2.45) is 0 Å². The first-order valence-corrected chi connectivity index (χ1v) is 10.4. The van der Waals surface area contributed by atoms with E-state index >= 15 is 0 Å². The molecule has 0 amide bonds. The van der Waals surface area contributed by atoms with E-state index in [2.05, 4.69) is 97.8 Å². The molecular weight excluding hydrogens is 368 g/mol. The highest BCUT2D eigenvalue weighted by atomic mass is 16.5. The molecule has 0 saturated heterocycles. The Bertz CT molecular complexity index is 1260. The molecule has 3 aromatic carbocycles. The fourth-order valence-electron chi connectivity index (χ4n) is 4.95. The molecule has 1 aliphatic heterocycles. The second-order valence-corrected chi connectivity index (χ2v) is 8.34. The lowest BCUT2D eigenvalue weighted by atomic mass is 9.92. The smallest absolute Gasteiger partial charge is 0.294 e. The minimum atomic E-state index is 0.867. The van der Waals surface area contributed by atoms with Gasteiger partial charge in [0.05, 0.1) is 12.7 Å². The molecule has 3 nitrogen and oxygen atoms in total. The SMILES string of the molecule is COc1cc2c(cc1-c1c(C)cccc1C)-c1n(-c3c(C)cccc3C)cc[n+]1C2. The predicted octanol–water partition coefficient (Wildman–Crippen LogP) is 5.70. The summed E-state index contributed by atoms with van der Waals surface area (Å²) in [5.41, 5.74) is 11.4. The lowest BCUT2D eigenvalue weighted by Crippen LogP contribution is -2.30. The molecule has 0 aliphatic carbocycles. The lowest BCUT2D eigenvalue weighted by Gasteiger charge is -2.15. The van der Waals surface area contributed by atoms with Crippen LogP contribution < -0.4 is 9.30 Å². The van der Waals surface area contributed by atoms with Crippen molar-refractivity contribution < 1.29 is 9.30 Å². The van der Waals surface area contributed by atoms with E-state index in [0.717, 1.165) is 17.9 Å². The molecule has 0 radical (unpaired) electrons. The first-order chi connectivity index (χ1) is 14.5. The van der Waals surface area contributed by atoms with Crippen LogP contribution in [-0.4, -0.2) is 11.7 Å². The third-order valence-electron chi connectivity index (χ3n) is 6.33. The van der Waals surface area contributed by atoms with Crippen molar-refractivity contribution in [3.05, 3.63) is 88.7 Å². The summed E-state index contributed by atoms with van der Waals surface area (Å²) >= 11 is 0. The summed E-state index contributed by atoms with van der Waals surface area (Å²) in [5.74, 6) is 2.17. The predicted molar refractivity (Wildman–Crippen MR) is 121 cm³/mol. The van der Waals surface area contributed by atoms with Crippen LogP contribution in [0.2, 0.25) is 0 Å². The van der Waals surface area contributed by atoms with E-state index in [1.54, 1.807) is 7.11 Å². The number of benzene rings is 3. The monoisotopic (exact) mass is 395 g/mol. The number of hydrogen-bond acceptors (Lipinski definition) is 1. The molecule has 0 bridgehead atoms. The van der Waals surface area contributed by atoms with Crippen LogP contribution in [0.1, 0.15) is 27.8 Å². The zero-order valence-electron chi connectivity index (χ0n) is 18.3. The molecule has 0 saturated carbocycles. The zero-order chi connectivity index (χ0) is 21.0. The third-order valence-corrected chi connectivity index (χ3v) is 6.33. The molecule has 150 valence electrons. The molecule has 5 rings (SSSR count). The van der Waals surface area contributed by atoms with Gasteiger partial charge in [0, 0.05) is 11.1 Å². The highest BCUT2D eigenvalue weighted by Crippen LogP contribution is 2.41. The average Bonchev–Trinajstić information content (AvgIpc) is 3.26. The molecule has 0 fully saturated rings. The van der Waals surface area contributed by atoms with Crippen LogP contribution in [0.5, 0.6) is 5.75 Å². The number of imidazole rings is 1. The molecule has 2 heterocycles. The summed E-state index contributed by atoms with van der Waals surface area (Å²) < 4.78 is 10.5.